The van der Waals surface area contributed by atoms with Crippen LogP contribution in [0, 0.1) is 11.8 Å². The number of nitrogens with two attached hydrogens (primary N) is 1. The molecule has 4 heteroatoms. The second kappa shape index (κ2) is 4.19. The third-order valence-electron chi connectivity index (χ3n) is 3.88. The van der Waals surface area contributed by atoms with Gasteiger partial charge in [0.05, 0.1) is 18.1 Å². The number of nitrogens with zero attached hydrogens (tertiary/aromatic N) is 2. The standard InChI is InChI=1S/C14H19N3O/c1-9(10-3-4-10)8-17-13-7-11(18-2)5-6-12(13)16-14(17)15/h5-7,9-10H,3-4,8H2,1-2H3,(H2,15,16). The van der Waals surface area contributed by atoms with Gasteiger partial charge in [0.15, 0.2) is 0 Å². The van der Waals surface area contributed by atoms with Crippen LogP contribution in [-0.2, 0) is 6.54 Å². The topological polar surface area (TPSA) is 53.1 Å². The Balaban J connectivity index is 1.99. The molecule has 0 spiro atoms. The Morgan fingerprint density at radius 2 is 2.28 bits per heavy atom. The van der Waals surface area contributed by atoms with Gasteiger partial charge in [-0.15, -0.1) is 0 Å². The number of anilines is 1. The average molecular weight is 245 g/mol. The van der Waals surface area contributed by atoms with Crippen LogP contribution in [0.2, 0.25) is 0 Å². The van der Waals surface area contributed by atoms with E-state index in [1.807, 2.05) is 18.2 Å². The van der Waals surface area contributed by atoms with Crippen molar-refractivity contribution < 1.29 is 4.74 Å². The second-order valence-corrected chi connectivity index (χ2v) is 5.25. The summed E-state index contributed by atoms with van der Waals surface area (Å²) in [6.07, 6.45) is 2.72. The average Bonchev–Trinajstić information content (AvgIpc) is 3.16. The van der Waals surface area contributed by atoms with Crippen LogP contribution in [0.1, 0.15) is 19.8 Å². The molecule has 18 heavy (non-hydrogen) atoms. The Hall–Kier alpha value is -1.71. The molecule has 96 valence electrons. The van der Waals surface area contributed by atoms with Crippen molar-refractivity contribution in [3.63, 3.8) is 0 Å². The van der Waals surface area contributed by atoms with Crippen LogP contribution in [0.3, 0.4) is 0 Å². The van der Waals surface area contributed by atoms with E-state index >= 15 is 0 Å². The number of ether oxygens (including phenoxy) is 1. The van der Waals surface area contributed by atoms with Gasteiger partial charge in [-0.05, 0) is 36.8 Å². The van der Waals surface area contributed by atoms with Crippen LogP contribution in [0.4, 0.5) is 5.95 Å². The number of rotatable bonds is 4. The molecule has 1 unspecified atom stereocenters. The Kier molecular flexibility index (Phi) is 2.65. The maximum Gasteiger partial charge on any atom is 0.201 e. The van der Waals surface area contributed by atoms with E-state index in [0.29, 0.717) is 11.9 Å². The first-order valence-electron chi connectivity index (χ1n) is 6.49. The number of hydrogen-bond donors (Lipinski definition) is 1. The molecule has 2 aromatic rings. The predicted molar refractivity (Wildman–Crippen MR) is 72.6 cm³/mol. The SMILES string of the molecule is COc1ccc2nc(N)n(CC(C)C3CC3)c2c1. The maximum atomic E-state index is 6.02. The number of benzene rings is 1. The van der Waals surface area contributed by atoms with E-state index < -0.39 is 0 Å². The minimum absolute atomic E-state index is 0.603. The van der Waals surface area contributed by atoms with E-state index in [-0.39, 0.29) is 0 Å². The fraction of sp³-hybridized carbons (Fsp3) is 0.500. The molecule has 1 saturated carbocycles. The highest BCUT2D eigenvalue weighted by Gasteiger charge is 2.28. The van der Waals surface area contributed by atoms with Gasteiger partial charge in [0.1, 0.15) is 5.75 Å². The lowest BCUT2D eigenvalue weighted by Crippen LogP contribution is -2.11. The van der Waals surface area contributed by atoms with E-state index in [1.54, 1.807) is 7.11 Å². The van der Waals surface area contributed by atoms with Crippen molar-refractivity contribution in [1.29, 1.82) is 0 Å². The molecule has 2 N–H and O–H groups in total. The zero-order valence-corrected chi connectivity index (χ0v) is 10.9. The van der Waals surface area contributed by atoms with Crippen molar-refractivity contribution in [2.24, 2.45) is 11.8 Å². The van der Waals surface area contributed by atoms with Gasteiger partial charge in [-0.2, -0.15) is 0 Å². The Morgan fingerprint density at radius 3 is 2.94 bits per heavy atom. The van der Waals surface area contributed by atoms with E-state index in [2.05, 4.69) is 16.5 Å². The Labute approximate surface area is 107 Å². The Bertz CT molecular complexity index is 572. The molecule has 0 radical (unpaired) electrons. The fourth-order valence-corrected chi connectivity index (χ4v) is 2.54. The molecule has 1 heterocycles. The minimum Gasteiger partial charge on any atom is -0.497 e. The van der Waals surface area contributed by atoms with Crippen molar-refractivity contribution in [3.8, 4) is 5.75 Å². The molecule has 0 saturated heterocycles. The quantitative estimate of drug-likeness (QED) is 0.901. The largest absolute Gasteiger partial charge is 0.497 e. The smallest absolute Gasteiger partial charge is 0.201 e. The zero-order chi connectivity index (χ0) is 12.7. The molecule has 1 atom stereocenters. The zero-order valence-electron chi connectivity index (χ0n) is 10.9. The van der Waals surface area contributed by atoms with Gasteiger partial charge >= 0.3 is 0 Å². The molecule has 0 aliphatic heterocycles. The summed E-state index contributed by atoms with van der Waals surface area (Å²) < 4.78 is 7.38. The van der Waals surface area contributed by atoms with Crippen molar-refractivity contribution in [1.82, 2.24) is 9.55 Å². The van der Waals surface area contributed by atoms with Gasteiger partial charge < -0.3 is 15.0 Å². The van der Waals surface area contributed by atoms with E-state index in [4.69, 9.17) is 10.5 Å². The van der Waals surface area contributed by atoms with Crippen molar-refractivity contribution in [2.45, 2.75) is 26.3 Å². The van der Waals surface area contributed by atoms with Crippen LogP contribution < -0.4 is 10.5 Å². The highest BCUT2D eigenvalue weighted by atomic mass is 16.5. The minimum atomic E-state index is 0.603. The summed E-state index contributed by atoms with van der Waals surface area (Å²) in [7, 11) is 1.68. The van der Waals surface area contributed by atoms with Crippen LogP contribution in [0.5, 0.6) is 5.75 Å². The number of nitrogen functional groups attached to an aromatic ring is 1. The number of aromatic nitrogens is 2. The predicted octanol–water partition coefficient (Wildman–Crippen LogP) is 2.67. The lowest BCUT2D eigenvalue weighted by molar-refractivity contribution is 0.414. The molecule has 1 aromatic heterocycles. The van der Waals surface area contributed by atoms with Gasteiger partial charge in [-0.25, -0.2) is 4.98 Å². The first-order chi connectivity index (χ1) is 8.69. The van der Waals surface area contributed by atoms with Gasteiger partial charge in [0.2, 0.25) is 5.95 Å². The van der Waals surface area contributed by atoms with Gasteiger partial charge in [0.25, 0.3) is 0 Å². The number of imidazole rings is 1. The molecular formula is C14H19N3O. The summed E-state index contributed by atoms with van der Waals surface area (Å²) in [5, 5.41) is 0. The number of fused-ring (bicyclic) bond motifs is 1. The van der Waals surface area contributed by atoms with Gasteiger partial charge in [-0.1, -0.05) is 6.92 Å². The van der Waals surface area contributed by atoms with Gasteiger partial charge in [-0.3, -0.25) is 0 Å². The molecular weight excluding hydrogens is 226 g/mol. The van der Waals surface area contributed by atoms with Crippen LogP contribution in [0.25, 0.3) is 11.0 Å². The first-order valence-corrected chi connectivity index (χ1v) is 6.49. The first kappa shape index (κ1) is 11.4. The summed E-state index contributed by atoms with van der Waals surface area (Å²) in [5.74, 6) is 2.98. The van der Waals surface area contributed by atoms with E-state index in [1.165, 1.54) is 12.8 Å². The fourth-order valence-electron chi connectivity index (χ4n) is 2.54. The summed E-state index contributed by atoms with van der Waals surface area (Å²) in [6.45, 7) is 3.24. The van der Waals surface area contributed by atoms with Crippen molar-refractivity contribution in [3.05, 3.63) is 18.2 Å². The monoisotopic (exact) mass is 245 g/mol. The van der Waals surface area contributed by atoms with Crippen molar-refractivity contribution in [2.75, 3.05) is 12.8 Å². The number of hydrogen-bond acceptors (Lipinski definition) is 3. The lowest BCUT2D eigenvalue weighted by atomic mass is 10.1. The molecule has 1 aliphatic rings. The third kappa shape index (κ3) is 1.92. The molecule has 3 rings (SSSR count). The molecule has 1 fully saturated rings. The summed E-state index contributed by atoms with van der Waals surface area (Å²) in [5.41, 5.74) is 8.03. The van der Waals surface area contributed by atoms with Crippen LogP contribution in [0.15, 0.2) is 18.2 Å². The van der Waals surface area contributed by atoms with Crippen LogP contribution >= 0.6 is 0 Å². The van der Waals surface area contributed by atoms with E-state index in [9.17, 15) is 0 Å². The van der Waals surface area contributed by atoms with E-state index in [0.717, 1.165) is 29.2 Å². The Morgan fingerprint density at radius 1 is 1.50 bits per heavy atom. The summed E-state index contributed by atoms with van der Waals surface area (Å²) in [4.78, 5) is 4.41. The molecule has 1 aliphatic carbocycles. The normalized spacial score (nSPS) is 17.0. The molecule has 4 nitrogen and oxygen atoms in total. The van der Waals surface area contributed by atoms with Crippen molar-refractivity contribution >= 4 is 17.0 Å². The summed E-state index contributed by atoms with van der Waals surface area (Å²) >= 11 is 0. The molecule has 0 amide bonds. The highest BCUT2D eigenvalue weighted by Crippen LogP contribution is 2.38. The van der Waals surface area contributed by atoms with Crippen LogP contribution in [-0.4, -0.2) is 16.7 Å². The molecule has 1 aromatic carbocycles. The third-order valence-corrected chi connectivity index (χ3v) is 3.88. The maximum absolute atomic E-state index is 6.02. The second-order valence-electron chi connectivity index (χ2n) is 5.25. The molecule has 0 bridgehead atoms. The highest BCUT2D eigenvalue weighted by molar-refractivity contribution is 5.79. The summed E-state index contributed by atoms with van der Waals surface area (Å²) in [6, 6.07) is 5.89. The number of methoxy groups -OCH3 is 1. The lowest BCUT2D eigenvalue weighted by Gasteiger charge is -2.13. The van der Waals surface area contributed by atoms with Gasteiger partial charge in [0, 0.05) is 12.6 Å².